The lowest BCUT2D eigenvalue weighted by molar-refractivity contribution is -0.114. The molecule has 2 amide bonds. The smallest absolute Gasteiger partial charge is 0.339 e. The van der Waals surface area contributed by atoms with Gasteiger partial charge in [0.2, 0.25) is 5.91 Å². The molecule has 0 radical (unpaired) electrons. The van der Waals surface area contributed by atoms with Crippen molar-refractivity contribution in [2.45, 2.75) is 11.8 Å². The second kappa shape index (κ2) is 10.4. The minimum atomic E-state index is -4.15. The summed E-state index contributed by atoms with van der Waals surface area (Å²) in [5, 5.41) is 6.45. The third-order valence-electron chi connectivity index (χ3n) is 4.30. The summed E-state index contributed by atoms with van der Waals surface area (Å²) in [6.45, 7) is 1.35. The predicted octanol–water partition coefficient (Wildman–Crippen LogP) is 3.19. The Morgan fingerprint density at radius 3 is 2.24 bits per heavy atom. The van der Waals surface area contributed by atoms with Crippen molar-refractivity contribution in [1.82, 2.24) is 5.43 Å². The van der Waals surface area contributed by atoms with Crippen molar-refractivity contribution < 1.29 is 26.9 Å². The number of benzene rings is 3. The zero-order valence-corrected chi connectivity index (χ0v) is 18.6. The van der Waals surface area contributed by atoms with E-state index in [-0.39, 0.29) is 16.6 Å². The molecular formula is C23H21N3O6S. The molecule has 0 atom stereocenters. The molecule has 3 rings (SSSR count). The molecule has 0 heterocycles. The van der Waals surface area contributed by atoms with Gasteiger partial charge < -0.3 is 14.2 Å². The van der Waals surface area contributed by atoms with Crippen LogP contribution >= 0.6 is 0 Å². The molecule has 10 heteroatoms. The summed E-state index contributed by atoms with van der Waals surface area (Å²) in [5.74, 6) is -0.0636. The lowest BCUT2D eigenvalue weighted by Gasteiger charge is -2.10. The zero-order chi connectivity index (χ0) is 23.8. The molecule has 0 aliphatic rings. The molecule has 0 aromatic heterocycles. The summed E-state index contributed by atoms with van der Waals surface area (Å²) in [5.41, 5.74) is 3.55. The fourth-order valence-electron chi connectivity index (χ4n) is 2.70. The van der Waals surface area contributed by atoms with E-state index in [1.165, 1.54) is 50.6 Å². The first-order valence-corrected chi connectivity index (χ1v) is 11.1. The number of hydrogen-bond donors (Lipinski definition) is 2. The van der Waals surface area contributed by atoms with E-state index in [0.29, 0.717) is 22.6 Å². The van der Waals surface area contributed by atoms with Crippen molar-refractivity contribution in [3.05, 3.63) is 83.9 Å². The lowest BCUT2D eigenvalue weighted by atomic mass is 10.2. The van der Waals surface area contributed by atoms with Gasteiger partial charge in [0.15, 0.2) is 5.75 Å². The van der Waals surface area contributed by atoms with Crippen molar-refractivity contribution in [3.8, 4) is 11.5 Å². The topological polar surface area (TPSA) is 123 Å². The van der Waals surface area contributed by atoms with E-state index < -0.39 is 16.0 Å². The van der Waals surface area contributed by atoms with Crippen molar-refractivity contribution in [3.63, 3.8) is 0 Å². The Morgan fingerprint density at radius 1 is 0.939 bits per heavy atom. The average molecular weight is 468 g/mol. The van der Waals surface area contributed by atoms with Crippen LogP contribution in [-0.4, -0.2) is 33.6 Å². The maximum absolute atomic E-state index is 12.7. The van der Waals surface area contributed by atoms with Crippen LogP contribution in [-0.2, 0) is 14.9 Å². The molecule has 33 heavy (non-hydrogen) atoms. The monoisotopic (exact) mass is 467 g/mol. The van der Waals surface area contributed by atoms with E-state index in [1.54, 1.807) is 42.5 Å². The molecule has 9 nitrogen and oxygen atoms in total. The van der Waals surface area contributed by atoms with Crippen LogP contribution in [0, 0.1) is 0 Å². The lowest BCUT2D eigenvalue weighted by Crippen LogP contribution is -2.17. The van der Waals surface area contributed by atoms with Gasteiger partial charge in [-0.15, -0.1) is 0 Å². The van der Waals surface area contributed by atoms with E-state index in [1.807, 2.05) is 0 Å². The number of anilines is 1. The molecule has 0 aliphatic carbocycles. The van der Waals surface area contributed by atoms with Gasteiger partial charge in [-0.25, -0.2) is 5.43 Å². The molecule has 3 aromatic carbocycles. The summed E-state index contributed by atoms with van der Waals surface area (Å²) in [7, 11) is -2.62. The van der Waals surface area contributed by atoms with Crippen molar-refractivity contribution in [2.24, 2.45) is 5.10 Å². The van der Waals surface area contributed by atoms with E-state index in [4.69, 9.17) is 8.92 Å². The maximum Gasteiger partial charge on any atom is 0.339 e. The quantitative estimate of drug-likeness (QED) is 0.298. The molecule has 0 unspecified atom stereocenters. The Kier molecular flexibility index (Phi) is 7.42. The highest BCUT2D eigenvalue weighted by Gasteiger charge is 2.18. The Balaban J connectivity index is 1.71. The van der Waals surface area contributed by atoms with Gasteiger partial charge in [0, 0.05) is 23.7 Å². The van der Waals surface area contributed by atoms with E-state index in [0.717, 1.165) is 0 Å². The number of carbonyl (C=O) groups excluding carboxylic acids is 2. The zero-order valence-electron chi connectivity index (χ0n) is 17.8. The number of para-hydroxylation sites is 1. The summed E-state index contributed by atoms with van der Waals surface area (Å²) in [6.07, 6.45) is 1.28. The number of ether oxygens (including phenoxy) is 1. The van der Waals surface area contributed by atoms with Gasteiger partial charge in [-0.3, -0.25) is 9.59 Å². The van der Waals surface area contributed by atoms with E-state index in [2.05, 4.69) is 15.8 Å². The highest BCUT2D eigenvalue weighted by Crippen LogP contribution is 2.23. The van der Waals surface area contributed by atoms with Crippen LogP contribution in [0.2, 0.25) is 0 Å². The van der Waals surface area contributed by atoms with Crippen LogP contribution in [0.4, 0.5) is 5.69 Å². The summed E-state index contributed by atoms with van der Waals surface area (Å²) in [4.78, 5) is 23.2. The number of amides is 2. The normalized spacial score (nSPS) is 11.1. The van der Waals surface area contributed by atoms with Crippen molar-refractivity contribution in [2.75, 3.05) is 12.4 Å². The summed E-state index contributed by atoms with van der Waals surface area (Å²) >= 11 is 0. The first-order chi connectivity index (χ1) is 15.8. The molecule has 0 fully saturated rings. The Hall–Kier alpha value is -4.18. The van der Waals surface area contributed by atoms with Gasteiger partial charge in [0.25, 0.3) is 5.91 Å². The molecule has 170 valence electrons. The highest BCUT2D eigenvalue weighted by atomic mass is 32.2. The van der Waals surface area contributed by atoms with Crippen LogP contribution in [0.25, 0.3) is 0 Å². The number of nitrogens with one attached hydrogen (secondary N) is 2. The highest BCUT2D eigenvalue weighted by molar-refractivity contribution is 7.87. The molecule has 0 saturated heterocycles. The van der Waals surface area contributed by atoms with Gasteiger partial charge >= 0.3 is 10.1 Å². The molecule has 0 bridgehead atoms. The number of hydrogen-bond acceptors (Lipinski definition) is 7. The van der Waals surface area contributed by atoms with Crippen LogP contribution < -0.4 is 19.7 Å². The number of hydrazone groups is 1. The average Bonchev–Trinajstić information content (AvgIpc) is 2.80. The fraction of sp³-hybridized carbons (Fsp3) is 0.0870. The number of carbonyl (C=O) groups is 2. The molecule has 0 saturated carbocycles. The van der Waals surface area contributed by atoms with Crippen molar-refractivity contribution >= 4 is 33.8 Å². The van der Waals surface area contributed by atoms with E-state index >= 15 is 0 Å². The van der Waals surface area contributed by atoms with Crippen molar-refractivity contribution in [1.29, 1.82) is 0 Å². The van der Waals surface area contributed by atoms with Gasteiger partial charge in [0.1, 0.15) is 10.6 Å². The van der Waals surface area contributed by atoms with Crippen LogP contribution in [0.3, 0.4) is 0 Å². The summed E-state index contributed by atoms with van der Waals surface area (Å²) < 4.78 is 35.7. The number of nitrogens with zero attached hydrogens (tertiary/aromatic N) is 1. The predicted molar refractivity (Wildman–Crippen MR) is 123 cm³/mol. The fourth-order valence-corrected chi connectivity index (χ4v) is 3.66. The minimum absolute atomic E-state index is 0.0332. The second-order valence-corrected chi connectivity index (χ2v) is 8.25. The molecular weight excluding hydrogens is 446 g/mol. The van der Waals surface area contributed by atoms with Gasteiger partial charge in [-0.2, -0.15) is 13.5 Å². The van der Waals surface area contributed by atoms with Crippen LogP contribution in [0.15, 0.2) is 82.8 Å². The molecule has 0 spiro atoms. The third-order valence-corrected chi connectivity index (χ3v) is 5.55. The second-order valence-electron chi connectivity index (χ2n) is 6.71. The standard InChI is InChI=1S/C23H21N3O6S/c1-16(27)25-19-9-13-21(14-10-19)33(29,30)32-22-6-4-3-5-18(22)15-24-26-23(28)17-7-11-20(31-2)12-8-17/h3-15H,1-2H3,(H,25,27)(H,26,28)/b24-15-. The van der Waals surface area contributed by atoms with Gasteiger partial charge in [0.05, 0.1) is 13.3 Å². The van der Waals surface area contributed by atoms with Gasteiger partial charge in [-0.05, 0) is 60.7 Å². The third kappa shape index (κ3) is 6.40. The van der Waals surface area contributed by atoms with Crippen LogP contribution in [0.5, 0.6) is 11.5 Å². The number of rotatable bonds is 8. The van der Waals surface area contributed by atoms with Crippen LogP contribution in [0.1, 0.15) is 22.8 Å². The first kappa shape index (κ1) is 23.5. The SMILES string of the molecule is COc1ccc(C(=O)N/N=C\c2ccccc2OS(=O)(=O)c2ccc(NC(C)=O)cc2)cc1. The molecule has 3 aromatic rings. The molecule has 0 aliphatic heterocycles. The Labute approximate surface area is 191 Å². The molecule has 2 N–H and O–H groups in total. The number of methoxy groups -OCH3 is 1. The van der Waals surface area contributed by atoms with Gasteiger partial charge in [-0.1, -0.05) is 12.1 Å². The largest absolute Gasteiger partial charge is 0.497 e. The van der Waals surface area contributed by atoms with E-state index in [9.17, 15) is 18.0 Å². The first-order valence-electron chi connectivity index (χ1n) is 9.67. The Morgan fingerprint density at radius 2 is 1.61 bits per heavy atom. The summed E-state index contributed by atoms with van der Waals surface area (Å²) in [6, 6.07) is 18.4. The minimum Gasteiger partial charge on any atom is -0.497 e. The Bertz CT molecular complexity index is 1270. The maximum atomic E-state index is 12.7.